The van der Waals surface area contributed by atoms with E-state index in [9.17, 15) is 23.5 Å². The molecule has 0 aliphatic heterocycles. The second-order valence-electron chi connectivity index (χ2n) is 4.20. The van der Waals surface area contributed by atoms with E-state index in [0.29, 0.717) is 6.07 Å². The minimum Gasteiger partial charge on any atom is -0.386 e. The average molecular weight is 295 g/mol. The SMILES string of the molecule is O=C(NCC(O)c1ccc(F)cc1F)c1ccc(=O)[nH]n1. The van der Waals surface area contributed by atoms with Gasteiger partial charge in [0.15, 0.2) is 0 Å². The van der Waals surface area contributed by atoms with Gasteiger partial charge in [-0.3, -0.25) is 9.59 Å². The summed E-state index contributed by atoms with van der Waals surface area (Å²) in [5, 5.41) is 17.7. The number of rotatable bonds is 4. The average Bonchev–Trinajstić information content (AvgIpc) is 2.45. The number of halogens is 2. The second kappa shape index (κ2) is 6.23. The number of hydrogen-bond donors (Lipinski definition) is 3. The zero-order chi connectivity index (χ0) is 15.4. The smallest absolute Gasteiger partial charge is 0.271 e. The van der Waals surface area contributed by atoms with Crippen LogP contribution in [0.3, 0.4) is 0 Å². The lowest BCUT2D eigenvalue weighted by atomic mass is 10.1. The molecule has 0 bridgehead atoms. The van der Waals surface area contributed by atoms with E-state index in [1.54, 1.807) is 0 Å². The normalized spacial score (nSPS) is 12.0. The number of nitrogens with one attached hydrogen (secondary N) is 2. The molecule has 0 fully saturated rings. The van der Waals surface area contributed by atoms with Crippen LogP contribution in [-0.4, -0.2) is 27.8 Å². The molecule has 2 rings (SSSR count). The van der Waals surface area contributed by atoms with Gasteiger partial charge in [-0.05, 0) is 12.1 Å². The van der Waals surface area contributed by atoms with Crippen LogP contribution in [-0.2, 0) is 0 Å². The van der Waals surface area contributed by atoms with Crippen molar-refractivity contribution in [3.8, 4) is 0 Å². The zero-order valence-electron chi connectivity index (χ0n) is 10.6. The van der Waals surface area contributed by atoms with Crippen LogP contribution in [0, 0.1) is 11.6 Å². The standard InChI is InChI=1S/C13H11F2N3O3/c14-7-1-2-8(9(15)5-7)11(19)6-16-13(21)10-3-4-12(20)18-17-10/h1-5,11,19H,6H2,(H,16,21)(H,18,20). The highest BCUT2D eigenvalue weighted by Gasteiger charge is 2.15. The van der Waals surface area contributed by atoms with Crippen LogP contribution in [0.15, 0.2) is 35.1 Å². The van der Waals surface area contributed by atoms with Crippen LogP contribution < -0.4 is 10.9 Å². The predicted molar refractivity (Wildman–Crippen MR) is 68.5 cm³/mol. The number of carbonyl (C=O) groups excluding carboxylic acids is 1. The van der Waals surface area contributed by atoms with Gasteiger partial charge < -0.3 is 10.4 Å². The van der Waals surface area contributed by atoms with Crippen LogP contribution in [0.25, 0.3) is 0 Å². The molecule has 110 valence electrons. The summed E-state index contributed by atoms with van der Waals surface area (Å²) in [4.78, 5) is 22.5. The fourth-order valence-electron chi connectivity index (χ4n) is 1.63. The summed E-state index contributed by atoms with van der Waals surface area (Å²) in [6.07, 6.45) is -1.34. The summed E-state index contributed by atoms with van der Waals surface area (Å²) in [6, 6.07) is 5.08. The highest BCUT2D eigenvalue weighted by molar-refractivity contribution is 5.91. The third-order valence-electron chi connectivity index (χ3n) is 2.69. The Labute approximate surface area is 117 Å². The van der Waals surface area contributed by atoms with Crippen molar-refractivity contribution in [2.24, 2.45) is 0 Å². The molecule has 0 aliphatic carbocycles. The maximum atomic E-state index is 13.4. The third-order valence-corrected chi connectivity index (χ3v) is 2.69. The Morgan fingerprint density at radius 1 is 1.33 bits per heavy atom. The van der Waals surface area contributed by atoms with Gasteiger partial charge in [-0.15, -0.1) is 0 Å². The lowest BCUT2D eigenvalue weighted by Crippen LogP contribution is -2.30. The summed E-state index contributed by atoms with van der Waals surface area (Å²) in [5.74, 6) is -2.31. The van der Waals surface area contributed by atoms with E-state index in [2.05, 4.69) is 15.5 Å². The first-order valence-electron chi connectivity index (χ1n) is 5.94. The number of amides is 1. The lowest BCUT2D eigenvalue weighted by Gasteiger charge is -2.12. The Morgan fingerprint density at radius 2 is 2.10 bits per heavy atom. The maximum Gasteiger partial charge on any atom is 0.271 e. The fraction of sp³-hybridized carbons (Fsp3) is 0.154. The highest BCUT2D eigenvalue weighted by atomic mass is 19.1. The monoisotopic (exact) mass is 295 g/mol. The van der Waals surface area contributed by atoms with Crippen molar-refractivity contribution in [3.05, 3.63) is 63.6 Å². The van der Waals surface area contributed by atoms with E-state index in [0.717, 1.165) is 18.2 Å². The third kappa shape index (κ3) is 3.69. The number of aromatic nitrogens is 2. The summed E-state index contributed by atoms with van der Waals surface area (Å²) in [7, 11) is 0. The molecule has 3 N–H and O–H groups in total. The molecule has 1 atom stereocenters. The molecular formula is C13H11F2N3O3. The van der Waals surface area contributed by atoms with Crippen molar-refractivity contribution in [1.82, 2.24) is 15.5 Å². The lowest BCUT2D eigenvalue weighted by molar-refractivity contribution is 0.0908. The Kier molecular flexibility index (Phi) is 4.39. The van der Waals surface area contributed by atoms with Crippen molar-refractivity contribution in [2.75, 3.05) is 6.54 Å². The molecule has 8 heteroatoms. The Balaban J connectivity index is 2.00. The summed E-state index contributed by atoms with van der Waals surface area (Å²) < 4.78 is 26.2. The first-order valence-corrected chi connectivity index (χ1v) is 5.94. The maximum absolute atomic E-state index is 13.4. The summed E-state index contributed by atoms with van der Waals surface area (Å²) in [5.41, 5.74) is -0.646. The molecular weight excluding hydrogens is 284 g/mol. The topological polar surface area (TPSA) is 95.1 Å². The van der Waals surface area contributed by atoms with Crippen molar-refractivity contribution in [3.63, 3.8) is 0 Å². The molecule has 1 amide bonds. The molecule has 2 aromatic rings. The van der Waals surface area contributed by atoms with Crippen LogP contribution in [0.1, 0.15) is 22.2 Å². The van der Waals surface area contributed by atoms with Crippen LogP contribution in [0.5, 0.6) is 0 Å². The van der Waals surface area contributed by atoms with Gasteiger partial charge in [-0.25, -0.2) is 13.9 Å². The second-order valence-corrected chi connectivity index (χ2v) is 4.20. The van der Waals surface area contributed by atoms with Crippen molar-refractivity contribution in [2.45, 2.75) is 6.10 Å². The number of aromatic amines is 1. The molecule has 0 aliphatic rings. The molecule has 1 unspecified atom stereocenters. The van der Waals surface area contributed by atoms with Crippen molar-refractivity contribution in [1.29, 1.82) is 0 Å². The molecule has 1 aromatic heterocycles. The number of H-pyrrole nitrogens is 1. The minimum absolute atomic E-state index is 0.0543. The minimum atomic E-state index is -1.34. The van der Waals surface area contributed by atoms with E-state index in [-0.39, 0.29) is 17.8 Å². The predicted octanol–water partition coefficient (Wildman–Crippen LogP) is 0.512. The van der Waals surface area contributed by atoms with Gasteiger partial charge in [-0.2, -0.15) is 5.10 Å². The van der Waals surface area contributed by atoms with Gasteiger partial charge in [0.1, 0.15) is 17.3 Å². The van der Waals surface area contributed by atoms with Gasteiger partial charge in [-0.1, -0.05) is 6.07 Å². The van der Waals surface area contributed by atoms with E-state index in [1.807, 2.05) is 0 Å². The molecule has 1 heterocycles. The Bertz CT molecular complexity index is 698. The first kappa shape index (κ1) is 14.8. The molecule has 0 saturated carbocycles. The molecule has 21 heavy (non-hydrogen) atoms. The Hall–Kier alpha value is -2.61. The van der Waals surface area contributed by atoms with E-state index < -0.39 is 29.2 Å². The number of nitrogens with zero attached hydrogens (tertiary/aromatic N) is 1. The molecule has 0 saturated heterocycles. The summed E-state index contributed by atoms with van der Waals surface area (Å²) in [6.45, 7) is -0.289. The molecule has 1 aromatic carbocycles. The van der Waals surface area contributed by atoms with E-state index in [1.165, 1.54) is 6.07 Å². The largest absolute Gasteiger partial charge is 0.386 e. The van der Waals surface area contributed by atoms with E-state index >= 15 is 0 Å². The summed E-state index contributed by atoms with van der Waals surface area (Å²) >= 11 is 0. The van der Waals surface area contributed by atoms with Gasteiger partial charge in [0.2, 0.25) is 0 Å². The van der Waals surface area contributed by atoms with Gasteiger partial charge in [0.25, 0.3) is 11.5 Å². The van der Waals surface area contributed by atoms with Crippen LogP contribution >= 0.6 is 0 Å². The van der Waals surface area contributed by atoms with Crippen molar-refractivity contribution < 1.29 is 18.7 Å². The first-order chi connectivity index (χ1) is 9.97. The quantitative estimate of drug-likeness (QED) is 0.766. The molecule has 6 nitrogen and oxygen atoms in total. The number of benzene rings is 1. The molecule has 0 radical (unpaired) electrons. The van der Waals surface area contributed by atoms with Crippen LogP contribution in [0.2, 0.25) is 0 Å². The van der Waals surface area contributed by atoms with Gasteiger partial charge in [0.05, 0.1) is 6.10 Å². The number of carbonyl (C=O) groups is 1. The van der Waals surface area contributed by atoms with Crippen LogP contribution in [0.4, 0.5) is 8.78 Å². The molecule has 0 spiro atoms. The fourth-order valence-corrected chi connectivity index (χ4v) is 1.63. The number of hydrogen-bond acceptors (Lipinski definition) is 4. The van der Waals surface area contributed by atoms with Gasteiger partial charge >= 0.3 is 0 Å². The Morgan fingerprint density at radius 3 is 2.71 bits per heavy atom. The van der Waals surface area contributed by atoms with E-state index in [4.69, 9.17) is 0 Å². The van der Waals surface area contributed by atoms with Crippen molar-refractivity contribution >= 4 is 5.91 Å². The van der Waals surface area contributed by atoms with Gasteiger partial charge in [0, 0.05) is 24.2 Å². The zero-order valence-corrected chi connectivity index (χ0v) is 10.6. The number of aliphatic hydroxyl groups is 1. The number of aliphatic hydroxyl groups excluding tert-OH is 1. The highest BCUT2D eigenvalue weighted by Crippen LogP contribution is 2.17.